The van der Waals surface area contributed by atoms with Crippen LogP contribution < -0.4 is 5.32 Å². The van der Waals surface area contributed by atoms with Crippen LogP contribution in [0.15, 0.2) is 48.5 Å². The maximum absolute atomic E-state index is 12.1. The van der Waals surface area contributed by atoms with Gasteiger partial charge in [0.15, 0.2) is 9.84 Å². The minimum atomic E-state index is -3.41. The summed E-state index contributed by atoms with van der Waals surface area (Å²) in [6, 6.07) is 15.4. The van der Waals surface area contributed by atoms with Gasteiger partial charge in [0, 0.05) is 5.69 Å². The molecule has 0 aliphatic carbocycles. The van der Waals surface area contributed by atoms with Crippen LogP contribution in [0, 0.1) is 13.8 Å². The zero-order valence-electron chi connectivity index (χ0n) is 14.1. The van der Waals surface area contributed by atoms with Crippen LogP contribution in [0.5, 0.6) is 0 Å². The first kappa shape index (κ1) is 18.2. The fourth-order valence-electron chi connectivity index (χ4n) is 2.47. The summed E-state index contributed by atoms with van der Waals surface area (Å²) >= 11 is 0. The van der Waals surface area contributed by atoms with Crippen LogP contribution in [-0.2, 0) is 21.1 Å². The smallest absolute Gasteiger partial charge is 0.239 e. The van der Waals surface area contributed by atoms with E-state index in [0.29, 0.717) is 18.5 Å². The van der Waals surface area contributed by atoms with Crippen LogP contribution in [-0.4, -0.2) is 25.8 Å². The Morgan fingerprint density at radius 3 is 2.46 bits per heavy atom. The molecule has 1 N–H and O–H groups in total. The number of hydrogen-bond donors (Lipinski definition) is 1. The van der Waals surface area contributed by atoms with Gasteiger partial charge in [-0.15, -0.1) is 0 Å². The van der Waals surface area contributed by atoms with E-state index in [9.17, 15) is 13.2 Å². The van der Waals surface area contributed by atoms with Gasteiger partial charge in [-0.2, -0.15) is 0 Å². The highest BCUT2D eigenvalue weighted by atomic mass is 32.2. The molecule has 4 nitrogen and oxygen atoms in total. The minimum Gasteiger partial charge on any atom is -0.325 e. The van der Waals surface area contributed by atoms with E-state index in [1.165, 1.54) is 0 Å². The number of carbonyl (C=O) groups is 1. The van der Waals surface area contributed by atoms with Gasteiger partial charge in [-0.3, -0.25) is 4.79 Å². The molecule has 0 saturated heterocycles. The number of nitrogens with one attached hydrogen (secondary N) is 1. The Kier molecular flexibility index (Phi) is 6.15. The third-order valence-electron chi connectivity index (χ3n) is 3.78. The van der Waals surface area contributed by atoms with Gasteiger partial charge in [0.1, 0.15) is 5.75 Å². The summed E-state index contributed by atoms with van der Waals surface area (Å²) in [6.45, 7) is 3.80. The molecule has 2 aromatic carbocycles. The van der Waals surface area contributed by atoms with Crippen LogP contribution in [0.3, 0.4) is 0 Å². The molecule has 0 aliphatic rings. The van der Waals surface area contributed by atoms with Crippen LogP contribution in [0.1, 0.15) is 23.1 Å². The summed E-state index contributed by atoms with van der Waals surface area (Å²) < 4.78 is 24.2. The number of rotatable bonds is 7. The fraction of sp³-hybridized carbons (Fsp3) is 0.316. The summed E-state index contributed by atoms with van der Waals surface area (Å²) in [6.07, 6.45) is 1.21. The summed E-state index contributed by atoms with van der Waals surface area (Å²) in [7, 11) is -3.41. The number of benzene rings is 2. The molecule has 0 aliphatic heterocycles. The van der Waals surface area contributed by atoms with E-state index in [4.69, 9.17) is 0 Å². The van der Waals surface area contributed by atoms with E-state index in [0.717, 1.165) is 16.7 Å². The Morgan fingerprint density at radius 2 is 1.75 bits per heavy atom. The first-order valence-electron chi connectivity index (χ1n) is 7.97. The number of hydrogen-bond acceptors (Lipinski definition) is 3. The normalized spacial score (nSPS) is 11.2. The zero-order valence-corrected chi connectivity index (χ0v) is 14.9. The first-order valence-corrected chi connectivity index (χ1v) is 9.79. The van der Waals surface area contributed by atoms with Crippen molar-refractivity contribution in [3.63, 3.8) is 0 Å². The average Bonchev–Trinajstić information content (AvgIpc) is 2.51. The Bertz CT molecular complexity index is 799. The second-order valence-electron chi connectivity index (χ2n) is 6.05. The monoisotopic (exact) mass is 345 g/mol. The van der Waals surface area contributed by atoms with Crippen LogP contribution in [0.2, 0.25) is 0 Å². The van der Waals surface area contributed by atoms with E-state index >= 15 is 0 Å². The lowest BCUT2D eigenvalue weighted by Gasteiger charge is -2.10. The zero-order chi connectivity index (χ0) is 17.6. The minimum absolute atomic E-state index is 0.0160. The van der Waals surface area contributed by atoms with Gasteiger partial charge in [0.25, 0.3) is 0 Å². The molecule has 0 radical (unpaired) electrons. The molecule has 0 unspecified atom stereocenters. The van der Waals surface area contributed by atoms with E-state index < -0.39 is 21.5 Å². The van der Waals surface area contributed by atoms with Gasteiger partial charge in [-0.25, -0.2) is 8.42 Å². The number of sulfone groups is 1. The van der Waals surface area contributed by atoms with Crippen molar-refractivity contribution in [2.24, 2.45) is 0 Å². The van der Waals surface area contributed by atoms with Crippen LogP contribution in [0.25, 0.3) is 0 Å². The third kappa shape index (κ3) is 5.81. The molecule has 24 heavy (non-hydrogen) atoms. The fourth-order valence-corrected chi connectivity index (χ4v) is 3.67. The molecule has 128 valence electrons. The summed E-state index contributed by atoms with van der Waals surface area (Å²) in [4.78, 5) is 12.0. The van der Waals surface area contributed by atoms with E-state index in [1.807, 2.05) is 62.4 Å². The van der Waals surface area contributed by atoms with Gasteiger partial charge in [-0.05, 0) is 49.4 Å². The van der Waals surface area contributed by atoms with Crippen molar-refractivity contribution in [3.8, 4) is 0 Å². The second kappa shape index (κ2) is 8.11. The summed E-state index contributed by atoms with van der Waals surface area (Å²) in [5.74, 6) is -0.944. The largest absolute Gasteiger partial charge is 0.325 e. The van der Waals surface area contributed by atoms with Crippen LogP contribution >= 0.6 is 0 Å². The van der Waals surface area contributed by atoms with Crippen molar-refractivity contribution < 1.29 is 13.2 Å². The molecule has 0 fully saturated rings. The van der Waals surface area contributed by atoms with Gasteiger partial charge in [0.05, 0.1) is 5.75 Å². The Morgan fingerprint density at radius 1 is 1.04 bits per heavy atom. The van der Waals surface area contributed by atoms with Crippen molar-refractivity contribution in [1.29, 1.82) is 0 Å². The Hall–Kier alpha value is -2.14. The number of anilines is 1. The predicted molar refractivity (Wildman–Crippen MR) is 98.0 cm³/mol. The number of amides is 1. The second-order valence-corrected chi connectivity index (χ2v) is 8.23. The van der Waals surface area contributed by atoms with Crippen molar-refractivity contribution in [2.45, 2.75) is 26.7 Å². The highest BCUT2D eigenvalue weighted by molar-refractivity contribution is 7.92. The van der Waals surface area contributed by atoms with Gasteiger partial charge in [-0.1, -0.05) is 42.5 Å². The molecule has 5 heteroatoms. The molecule has 0 saturated carbocycles. The maximum Gasteiger partial charge on any atom is 0.239 e. The van der Waals surface area contributed by atoms with Crippen molar-refractivity contribution in [3.05, 3.63) is 65.2 Å². The molecular weight excluding hydrogens is 322 g/mol. The molecule has 0 heterocycles. The summed E-state index contributed by atoms with van der Waals surface area (Å²) in [5, 5.41) is 2.70. The Labute approximate surface area is 143 Å². The predicted octanol–water partition coefficient (Wildman–Crippen LogP) is 3.29. The van der Waals surface area contributed by atoms with Gasteiger partial charge >= 0.3 is 0 Å². The highest BCUT2D eigenvalue weighted by Gasteiger charge is 2.17. The average molecular weight is 345 g/mol. The molecule has 2 rings (SSSR count). The SMILES string of the molecule is Cc1ccc(C)c(NC(=O)CS(=O)(=O)CCCc2ccccc2)c1. The molecular formula is C19H23NO3S. The highest BCUT2D eigenvalue weighted by Crippen LogP contribution is 2.16. The topological polar surface area (TPSA) is 63.2 Å². The molecule has 0 bridgehead atoms. The van der Waals surface area contributed by atoms with E-state index in [1.54, 1.807) is 0 Å². The number of carbonyl (C=O) groups excluding carboxylic acids is 1. The molecule has 2 aromatic rings. The van der Waals surface area contributed by atoms with E-state index in [-0.39, 0.29) is 5.75 Å². The van der Waals surface area contributed by atoms with Gasteiger partial charge in [0.2, 0.25) is 5.91 Å². The lowest BCUT2D eigenvalue weighted by atomic mass is 10.1. The quantitative estimate of drug-likeness (QED) is 0.837. The van der Waals surface area contributed by atoms with Crippen LogP contribution in [0.4, 0.5) is 5.69 Å². The molecule has 0 aromatic heterocycles. The molecule has 0 atom stereocenters. The third-order valence-corrected chi connectivity index (χ3v) is 5.39. The summed E-state index contributed by atoms with van der Waals surface area (Å²) in [5.41, 5.74) is 3.70. The molecule has 1 amide bonds. The lowest BCUT2D eigenvalue weighted by Crippen LogP contribution is -2.25. The standard InChI is InChI=1S/C19H23NO3S/c1-15-10-11-16(2)18(13-15)20-19(21)14-24(22,23)12-6-9-17-7-4-3-5-8-17/h3-5,7-8,10-11,13H,6,9,12,14H2,1-2H3,(H,20,21). The maximum atomic E-state index is 12.1. The lowest BCUT2D eigenvalue weighted by molar-refractivity contribution is -0.113. The van der Waals surface area contributed by atoms with Crippen molar-refractivity contribution >= 4 is 21.4 Å². The number of aryl methyl sites for hydroxylation is 3. The first-order chi connectivity index (χ1) is 11.4. The van der Waals surface area contributed by atoms with E-state index in [2.05, 4.69) is 5.32 Å². The van der Waals surface area contributed by atoms with Crippen molar-refractivity contribution in [1.82, 2.24) is 0 Å². The Balaban J connectivity index is 1.86. The molecule has 0 spiro atoms. The van der Waals surface area contributed by atoms with Gasteiger partial charge < -0.3 is 5.32 Å². The van der Waals surface area contributed by atoms with Crippen molar-refractivity contribution in [2.75, 3.05) is 16.8 Å².